The van der Waals surface area contributed by atoms with Crippen molar-refractivity contribution in [2.45, 2.75) is 45.5 Å². The summed E-state index contributed by atoms with van der Waals surface area (Å²) in [6, 6.07) is 11.2. The molecular weight excluding hydrogens is 410 g/mol. The highest BCUT2D eigenvalue weighted by Crippen LogP contribution is 2.32. The topological polar surface area (TPSA) is 113 Å². The highest BCUT2D eigenvalue weighted by molar-refractivity contribution is 6.01. The average Bonchev–Trinajstić information content (AvgIpc) is 3.14. The minimum absolute atomic E-state index is 0.193. The predicted octanol–water partition coefficient (Wildman–Crippen LogP) is 2.29. The smallest absolute Gasteiger partial charge is 0.413 e. The van der Waals surface area contributed by atoms with Crippen LogP contribution in [0.15, 0.2) is 48.7 Å². The Morgan fingerprint density at radius 2 is 1.81 bits per heavy atom. The van der Waals surface area contributed by atoms with Gasteiger partial charge >= 0.3 is 6.09 Å². The summed E-state index contributed by atoms with van der Waals surface area (Å²) in [5.41, 5.74) is 1.37. The van der Waals surface area contributed by atoms with Gasteiger partial charge in [-0.15, -0.1) is 0 Å². The number of carbonyl (C=O) groups is 3. The van der Waals surface area contributed by atoms with E-state index in [1.54, 1.807) is 50.5 Å². The van der Waals surface area contributed by atoms with Crippen molar-refractivity contribution in [2.24, 2.45) is 5.92 Å². The summed E-state index contributed by atoms with van der Waals surface area (Å²) in [5, 5.41) is 8.34. The second kappa shape index (κ2) is 10.2. The zero-order valence-electron chi connectivity index (χ0n) is 18.7. The van der Waals surface area contributed by atoms with Gasteiger partial charge < -0.3 is 15.4 Å². The standard InChI is InChI=1S/C23H29N5O4/c1-14(2)19(27-21(29)15(3)24-4)22(30)28-18(13-16-9-8-12-25-20(16)28)32-23(31)26-17-10-6-5-7-11-17/h5-12,14-15,18-19,24H,13H2,1-4H3,(H,26,31)(H,27,29)/t15-,18+,19-/m0/s1. The van der Waals surface area contributed by atoms with Gasteiger partial charge in [0.15, 0.2) is 6.23 Å². The number of carbonyl (C=O) groups excluding carboxylic acids is 3. The van der Waals surface area contributed by atoms with Gasteiger partial charge in [-0.1, -0.05) is 38.1 Å². The van der Waals surface area contributed by atoms with Crippen LogP contribution in [0.5, 0.6) is 0 Å². The summed E-state index contributed by atoms with van der Waals surface area (Å²) in [7, 11) is 1.67. The van der Waals surface area contributed by atoms with Gasteiger partial charge in [0.05, 0.1) is 6.04 Å². The minimum Gasteiger partial charge on any atom is -0.424 e. The summed E-state index contributed by atoms with van der Waals surface area (Å²) in [4.78, 5) is 44.3. The maximum absolute atomic E-state index is 13.6. The van der Waals surface area contributed by atoms with E-state index in [0.717, 1.165) is 5.56 Å². The number of rotatable bonds is 7. The summed E-state index contributed by atoms with van der Waals surface area (Å²) >= 11 is 0. The van der Waals surface area contributed by atoms with Crippen LogP contribution in [0.3, 0.4) is 0 Å². The van der Waals surface area contributed by atoms with E-state index in [1.807, 2.05) is 26.0 Å². The van der Waals surface area contributed by atoms with Crippen molar-refractivity contribution in [1.82, 2.24) is 15.6 Å². The van der Waals surface area contributed by atoms with Gasteiger partial charge in [0.25, 0.3) is 5.91 Å². The minimum atomic E-state index is -0.879. The van der Waals surface area contributed by atoms with Crippen LogP contribution < -0.4 is 20.9 Å². The van der Waals surface area contributed by atoms with Crippen LogP contribution in [0.1, 0.15) is 26.3 Å². The number of nitrogens with one attached hydrogen (secondary N) is 3. The van der Waals surface area contributed by atoms with Gasteiger partial charge in [-0.05, 0) is 38.1 Å². The molecule has 0 unspecified atom stereocenters. The quantitative estimate of drug-likeness (QED) is 0.610. The molecule has 0 saturated carbocycles. The van der Waals surface area contributed by atoms with E-state index < -0.39 is 24.4 Å². The largest absolute Gasteiger partial charge is 0.424 e. The molecule has 0 saturated heterocycles. The molecule has 2 heterocycles. The van der Waals surface area contributed by atoms with Crippen molar-refractivity contribution in [3.8, 4) is 0 Å². The number of hydrogen-bond donors (Lipinski definition) is 3. The van der Waals surface area contributed by atoms with Crippen molar-refractivity contribution < 1.29 is 19.1 Å². The highest BCUT2D eigenvalue weighted by Gasteiger charge is 2.41. The van der Waals surface area contributed by atoms with Gasteiger partial charge in [0.2, 0.25) is 5.91 Å². The van der Waals surface area contributed by atoms with Gasteiger partial charge in [0, 0.05) is 23.9 Å². The first-order chi connectivity index (χ1) is 15.3. The third-order valence-corrected chi connectivity index (χ3v) is 5.34. The Labute approximate surface area is 187 Å². The molecule has 0 bridgehead atoms. The molecule has 3 amide bonds. The lowest BCUT2D eigenvalue weighted by Gasteiger charge is -2.31. The molecule has 3 atom stereocenters. The number of likely N-dealkylation sites (N-methyl/N-ethyl adjacent to an activating group) is 1. The Kier molecular flexibility index (Phi) is 7.42. The Bertz CT molecular complexity index is 966. The van der Waals surface area contributed by atoms with Crippen LogP contribution in [-0.4, -0.2) is 48.3 Å². The number of ether oxygens (including phenoxy) is 1. The van der Waals surface area contributed by atoms with Crippen molar-refractivity contribution in [3.05, 3.63) is 54.2 Å². The molecule has 3 rings (SSSR count). The predicted molar refractivity (Wildman–Crippen MR) is 121 cm³/mol. The molecule has 0 aliphatic carbocycles. The Morgan fingerprint density at radius 1 is 1.09 bits per heavy atom. The first kappa shape index (κ1) is 23.2. The molecule has 1 aliphatic rings. The number of nitrogens with zero attached hydrogens (tertiary/aromatic N) is 2. The number of aromatic nitrogens is 1. The van der Waals surface area contributed by atoms with E-state index in [4.69, 9.17) is 4.74 Å². The molecule has 2 aromatic rings. The molecule has 9 nitrogen and oxygen atoms in total. The number of amides is 3. The van der Waals surface area contributed by atoms with Crippen LogP contribution in [0.25, 0.3) is 0 Å². The Hall–Kier alpha value is -3.46. The van der Waals surface area contributed by atoms with E-state index in [-0.39, 0.29) is 17.7 Å². The van der Waals surface area contributed by atoms with Gasteiger partial charge in [-0.25, -0.2) is 9.78 Å². The number of benzene rings is 1. The molecule has 1 aromatic heterocycles. The molecule has 3 N–H and O–H groups in total. The molecule has 170 valence electrons. The summed E-state index contributed by atoms with van der Waals surface area (Å²) in [6.45, 7) is 5.41. The molecule has 1 aromatic carbocycles. The molecule has 0 spiro atoms. The van der Waals surface area contributed by atoms with Crippen LogP contribution in [0.4, 0.5) is 16.3 Å². The van der Waals surface area contributed by atoms with Crippen LogP contribution in [0.2, 0.25) is 0 Å². The van der Waals surface area contributed by atoms with Crippen molar-refractivity contribution in [1.29, 1.82) is 0 Å². The third-order valence-electron chi connectivity index (χ3n) is 5.34. The van der Waals surface area contributed by atoms with E-state index >= 15 is 0 Å². The van der Waals surface area contributed by atoms with Crippen molar-refractivity contribution >= 4 is 29.4 Å². The maximum Gasteiger partial charge on any atom is 0.413 e. The second-order valence-corrected chi connectivity index (χ2v) is 7.99. The lowest BCUT2D eigenvalue weighted by atomic mass is 10.0. The lowest BCUT2D eigenvalue weighted by Crippen LogP contribution is -2.56. The highest BCUT2D eigenvalue weighted by atomic mass is 16.6. The van der Waals surface area contributed by atoms with E-state index in [2.05, 4.69) is 20.9 Å². The van der Waals surface area contributed by atoms with Gasteiger partial charge in [-0.3, -0.25) is 19.8 Å². The summed E-state index contributed by atoms with van der Waals surface area (Å²) < 4.78 is 5.63. The maximum atomic E-state index is 13.6. The number of hydrogen-bond acceptors (Lipinski definition) is 6. The number of fused-ring (bicyclic) bond motifs is 1. The fourth-order valence-corrected chi connectivity index (χ4v) is 3.43. The molecule has 9 heteroatoms. The number of anilines is 2. The summed E-state index contributed by atoms with van der Waals surface area (Å²) in [5.74, 6) is -0.440. The molecule has 32 heavy (non-hydrogen) atoms. The van der Waals surface area contributed by atoms with E-state index in [1.165, 1.54) is 4.90 Å². The van der Waals surface area contributed by atoms with Gasteiger partial charge in [-0.2, -0.15) is 0 Å². The Balaban J connectivity index is 1.82. The SMILES string of the molecule is CN[C@@H](C)C(=O)N[C@H](C(=O)N1c2ncccc2C[C@H]1OC(=O)Nc1ccccc1)C(C)C. The lowest BCUT2D eigenvalue weighted by molar-refractivity contribution is -0.130. The van der Waals surface area contributed by atoms with E-state index in [0.29, 0.717) is 17.9 Å². The van der Waals surface area contributed by atoms with E-state index in [9.17, 15) is 14.4 Å². The molecular formula is C23H29N5O4. The third kappa shape index (κ3) is 5.23. The second-order valence-electron chi connectivity index (χ2n) is 7.99. The fraction of sp³-hybridized carbons (Fsp3) is 0.391. The average molecular weight is 440 g/mol. The number of pyridine rings is 1. The first-order valence-corrected chi connectivity index (χ1v) is 10.6. The molecule has 0 radical (unpaired) electrons. The van der Waals surface area contributed by atoms with Crippen LogP contribution in [0, 0.1) is 5.92 Å². The zero-order chi connectivity index (χ0) is 23.3. The van der Waals surface area contributed by atoms with Crippen molar-refractivity contribution in [2.75, 3.05) is 17.3 Å². The normalized spacial score (nSPS) is 16.8. The number of para-hydroxylation sites is 1. The summed E-state index contributed by atoms with van der Waals surface area (Å²) in [6.07, 6.45) is 0.331. The van der Waals surface area contributed by atoms with Gasteiger partial charge in [0.1, 0.15) is 11.9 Å². The molecule has 0 fully saturated rings. The van der Waals surface area contributed by atoms with Crippen LogP contribution in [-0.2, 0) is 20.7 Å². The Morgan fingerprint density at radius 3 is 2.47 bits per heavy atom. The first-order valence-electron chi connectivity index (χ1n) is 10.6. The monoisotopic (exact) mass is 439 g/mol. The zero-order valence-corrected chi connectivity index (χ0v) is 18.7. The van der Waals surface area contributed by atoms with Crippen molar-refractivity contribution in [3.63, 3.8) is 0 Å². The molecule has 1 aliphatic heterocycles. The fourth-order valence-electron chi connectivity index (χ4n) is 3.43. The van der Waals surface area contributed by atoms with Crippen LogP contribution >= 0.6 is 0 Å².